The predicted octanol–water partition coefficient (Wildman–Crippen LogP) is 5.11. The Labute approximate surface area is 208 Å². The highest BCUT2D eigenvalue weighted by molar-refractivity contribution is 7.99. The van der Waals surface area contributed by atoms with E-state index in [2.05, 4.69) is 27.6 Å². The molecular weight excluding hydrogens is 468 g/mol. The molecule has 1 heterocycles. The molecule has 34 heavy (non-hydrogen) atoms. The molecule has 6 nitrogen and oxygen atoms in total. The van der Waals surface area contributed by atoms with Crippen molar-refractivity contribution < 1.29 is 9.53 Å². The lowest BCUT2D eigenvalue weighted by atomic mass is 10.1. The summed E-state index contributed by atoms with van der Waals surface area (Å²) in [6, 6.07) is 25.5. The van der Waals surface area contributed by atoms with Crippen LogP contribution < -0.4 is 10.1 Å². The summed E-state index contributed by atoms with van der Waals surface area (Å²) in [4.78, 5) is 12.5. The molecule has 0 atom stereocenters. The molecule has 1 aromatic heterocycles. The first-order valence-electron chi connectivity index (χ1n) is 10.9. The number of ether oxygens (including phenoxy) is 1. The quantitative estimate of drug-likeness (QED) is 0.312. The molecule has 0 radical (unpaired) electrons. The third-order valence-electron chi connectivity index (χ3n) is 5.24. The number of aromatic nitrogens is 3. The molecular formula is C26H25ClN4O2S. The fourth-order valence-electron chi connectivity index (χ4n) is 3.47. The number of carbonyl (C=O) groups excluding carboxylic acids is 1. The third-order valence-corrected chi connectivity index (χ3v) is 6.54. The molecule has 1 N–H and O–H groups in total. The summed E-state index contributed by atoms with van der Waals surface area (Å²) in [6.45, 7) is 1.14. The Hall–Kier alpha value is -3.29. The molecule has 1 amide bonds. The number of methoxy groups -OCH3 is 1. The molecule has 3 aromatic carbocycles. The number of rotatable bonds is 10. The number of hydrogen-bond acceptors (Lipinski definition) is 5. The molecule has 0 spiro atoms. The van der Waals surface area contributed by atoms with Crippen LogP contribution in [-0.2, 0) is 17.8 Å². The molecule has 8 heteroatoms. The smallest absolute Gasteiger partial charge is 0.230 e. The first-order valence-corrected chi connectivity index (χ1v) is 12.2. The van der Waals surface area contributed by atoms with Gasteiger partial charge in [-0.1, -0.05) is 78.0 Å². The van der Waals surface area contributed by atoms with E-state index in [4.69, 9.17) is 16.3 Å². The largest absolute Gasteiger partial charge is 0.497 e. The lowest BCUT2D eigenvalue weighted by molar-refractivity contribution is -0.118. The zero-order valence-corrected chi connectivity index (χ0v) is 20.4. The Morgan fingerprint density at radius 3 is 2.44 bits per heavy atom. The number of carbonyl (C=O) groups is 1. The van der Waals surface area contributed by atoms with Gasteiger partial charge in [-0.25, -0.2) is 0 Å². The van der Waals surface area contributed by atoms with Gasteiger partial charge in [0, 0.05) is 12.1 Å². The lowest BCUT2D eigenvalue weighted by Gasteiger charge is -2.11. The van der Waals surface area contributed by atoms with Crippen molar-refractivity contribution in [3.63, 3.8) is 0 Å². The van der Waals surface area contributed by atoms with Crippen LogP contribution in [0.2, 0.25) is 5.02 Å². The average molecular weight is 493 g/mol. The number of thioether (sulfide) groups is 1. The number of nitrogens with zero attached hydrogens (tertiary/aromatic N) is 3. The molecule has 0 aliphatic heterocycles. The maximum absolute atomic E-state index is 12.5. The van der Waals surface area contributed by atoms with Crippen LogP contribution in [0.25, 0.3) is 11.4 Å². The summed E-state index contributed by atoms with van der Waals surface area (Å²) >= 11 is 7.80. The maximum atomic E-state index is 12.5. The first kappa shape index (κ1) is 23.9. The maximum Gasteiger partial charge on any atom is 0.230 e. The highest BCUT2D eigenvalue weighted by Gasteiger charge is 2.17. The molecule has 4 rings (SSSR count). The van der Waals surface area contributed by atoms with Gasteiger partial charge in [0.15, 0.2) is 11.0 Å². The molecule has 0 unspecified atom stereocenters. The third kappa shape index (κ3) is 6.18. The van der Waals surface area contributed by atoms with Crippen LogP contribution in [0, 0.1) is 0 Å². The van der Waals surface area contributed by atoms with Crippen LogP contribution in [0.15, 0.2) is 84.0 Å². The topological polar surface area (TPSA) is 69.0 Å². The van der Waals surface area contributed by atoms with Crippen molar-refractivity contribution >= 4 is 29.3 Å². The van der Waals surface area contributed by atoms with Gasteiger partial charge in [0.1, 0.15) is 5.75 Å². The van der Waals surface area contributed by atoms with Crippen molar-refractivity contribution in [2.45, 2.75) is 18.1 Å². The summed E-state index contributed by atoms with van der Waals surface area (Å²) in [5.41, 5.74) is 3.06. The van der Waals surface area contributed by atoms with Gasteiger partial charge in [0.05, 0.1) is 24.4 Å². The van der Waals surface area contributed by atoms with Crippen molar-refractivity contribution in [1.82, 2.24) is 20.1 Å². The second kappa shape index (κ2) is 11.7. The van der Waals surface area contributed by atoms with Gasteiger partial charge in [-0.15, -0.1) is 10.2 Å². The molecule has 0 bridgehead atoms. The Kier molecular flexibility index (Phi) is 8.22. The van der Waals surface area contributed by atoms with Gasteiger partial charge < -0.3 is 10.1 Å². The van der Waals surface area contributed by atoms with E-state index < -0.39 is 0 Å². The van der Waals surface area contributed by atoms with E-state index in [1.807, 2.05) is 71.3 Å². The van der Waals surface area contributed by atoms with Gasteiger partial charge in [-0.2, -0.15) is 0 Å². The minimum atomic E-state index is -0.0490. The monoisotopic (exact) mass is 492 g/mol. The highest BCUT2D eigenvalue weighted by Crippen LogP contribution is 2.30. The zero-order valence-electron chi connectivity index (χ0n) is 18.8. The highest BCUT2D eigenvalue weighted by atomic mass is 35.5. The second-order valence-corrected chi connectivity index (χ2v) is 8.94. The summed E-state index contributed by atoms with van der Waals surface area (Å²) in [7, 11) is 1.64. The molecule has 0 aliphatic rings. The summed E-state index contributed by atoms with van der Waals surface area (Å²) < 4.78 is 7.18. The van der Waals surface area contributed by atoms with E-state index in [1.54, 1.807) is 7.11 Å². The molecule has 0 saturated heterocycles. The van der Waals surface area contributed by atoms with Gasteiger partial charge in [0.25, 0.3) is 0 Å². The van der Waals surface area contributed by atoms with Crippen LogP contribution in [0.3, 0.4) is 0 Å². The van der Waals surface area contributed by atoms with Crippen molar-refractivity contribution in [1.29, 1.82) is 0 Å². The van der Waals surface area contributed by atoms with E-state index in [9.17, 15) is 4.79 Å². The number of halogens is 1. The summed E-state index contributed by atoms with van der Waals surface area (Å²) in [5, 5.41) is 13.0. The lowest BCUT2D eigenvalue weighted by Crippen LogP contribution is -2.27. The first-order chi connectivity index (χ1) is 16.6. The van der Waals surface area contributed by atoms with E-state index in [0.29, 0.717) is 29.1 Å². The number of nitrogens with one attached hydrogen (secondary N) is 1. The van der Waals surface area contributed by atoms with Crippen LogP contribution in [-0.4, -0.2) is 40.1 Å². The van der Waals surface area contributed by atoms with E-state index in [1.165, 1.54) is 11.8 Å². The number of hydrogen-bond donors (Lipinski definition) is 1. The van der Waals surface area contributed by atoms with Crippen LogP contribution >= 0.6 is 23.4 Å². The van der Waals surface area contributed by atoms with E-state index in [-0.39, 0.29) is 11.7 Å². The number of amides is 1. The standard InChI is InChI=1S/C26H25ClN4O2S/c1-33-21-13-11-19(12-14-21)15-16-28-24(32)18-34-26-30-29-25(22-9-5-6-10-23(22)27)31(26)17-20-7-3-2-4-8-20/h2-14H,15-18H2,1H3,(H,28,32). The average Bonchev–Trinajstić information content (AvgIpc) is 3.26. The fraction of sp³-hybridized carbons (Fsp3) is 0.192. The SMILES string of the molecule is COc1ccc(CCNC(=O)CSc2nnc(-c3ccccc3Cl)n2Cc2ccccc2)cc1. The van der Waals surface area contributed by atoms with E-state index >= 15 is 0 Å². The van der Waals surface area contributed by atoms with Gasteiger partial charge in [0.2, 0.25) is 5.91 Å². The molecule has 0 saturated carbocycles. The molecule has 174 valence electrons. The Bertz CT molecular complexity index is 1230. The fourth-order valence-corrected chi connectivity index (χ4v) is 4.45. The normalized spacial score (nSPS) is 10.8. The minimum absolute atomic E-state index is 0.0490. The Morgan fingerprint density at radius 2 is 1.71 bits per heavy atom. The number of benzene rings is 3. The van der Waals surface area contributed by atoms with Crippen molar-refractivity contribution in [2.24, 2.45) is 0 Å². The van der Waals surface area contributed by atoms with E-state index in [0.717, 1.165) is 28.9 Å². The second-order valence-electron chi connectivity index (χ2n) is 7.59. The van der Waals surface area contributed by atoms with Crippen LogP contribution in [0.1, 0.15) is 11.1 Å². The molecule has 0 aliphatic carbocycles. The van der Waals surface area contributed by atoms with Crippen molar-refractivity contribution in [2.75, 3.05) is 19.4 Å². The molecule has 4 aromatic rings. The predicted molar refractivity (Wildman–Crippen MR) is 136 cm³/mol. The Balaban J connectivity index is 1.41. The van der Waals surface area contributed by atoms with Gasteiger partial charge in [-0.3, -0.25) is 9.36 Å². The molecule has 0 fully saturated rings. The van der Waals surface area contributed by atoms with Crippen molar-refractivity contribution in [3.8, 4) is 17.1 Å². The van der Waals surface area contributed by atoms with Crippen LogP contribution in [0.5, 0.6) is 5.75 Å². The van der Waals surface area contributed by atoms with Gasteiger partial charge in [-0.05, 0) is 41.8 Å². The summed E-state index contributed by atoms with van der Waals surface area (Å²) in [5.74, 6) is 1.70. The van der Waals surface area contributed by atoms with Crippen LogP contribution in [0.4, 0.5) is 0 Å². The zero-order chi connectivity index (χ0) is 23.8. The Morgan fingerprint density at radius 1 is 0.971 bits per heavy atom. The van der Waals surface area contributed by atoms with Gasteiger partial charge >= 0.3 is 0 Å². The minimum Gasteiger partial charge on any atom is -0.497 e. The van der Waals surface area contributed by atoms with Crippen molar-refractivity contribution in [3.05, 3.63) is 95.0 Å². The summed E-state index contributed by atoms with van der Waals surface area (Å²) in [6.07, 6.45) is 0.751.